The molecular weight excluding hydrogens is 517 g/mol. The third kappa shape index (κ3) is 7.89. The van der Waals surface area contributed by atoms with Gasteiger partial charge in [0.25, 0.3) is 10.0 Å². The van der Waals surface area contributed by atoms with E-state index in [0.717, 1.165) is 33.1 Å². The molecule has 2 amide bonds. The number of carbonyl (C=O) groups is 2. The van der Waals surface area contributed by atoms with Gasteiger partial charge in [-0.1, -0.05) is 47.5 Å². The summed E-state index contributed by atoms with van der Waals surface area (Å²) in [7, 11) is -4.25. The van der Waals surface area contributed by atoms with Crippen molar-refractivity contribution in [1.29, 1.82) is 0 Å². The Morgan fingerprint density at radius 1 is 0.923 bits per heavy atom. The predicted molar refractivity (Wildman–Crippen MR) is 151 cm³/mol. The largest absolute Gasteiger partial charge is 0.350 e. The fourth-order valence-corrected chi connectivity index (χ4v) is 5.45. The van der Waals surface area contributed by atoms with Crippen molar-refractivity contribution in [2.75, 3.05) is 10.8 Å². The van der Waals surface area contributed by atoms with E-state index in [9.17, 15) is 22.4 Å². The molecule has 9 heteroatoms. The van der Waals surface area contributed by atoms with Crippen molar-refractivity contribution in [1.82, 2.24) is 10.2 Å². The van der Waals surface area contributed by atoms with Gasteiger partial charge < -0.3 is 10.2 Å². The topological polar surface area (TPSA) is 86.8 Å². The number of carbonyl (C=O) groups excluding carboxylic acids is 2. The lowest BCUT2D eigenvalue weighted by molar-refractivity contribution is -0.140. The average molecular weight is 554 g/mol. The second-order valence-electron chi connectivity index (χ2n) is 10.7. The Hall–Kier alpha value is -3.72. The lowest BCUT2D eigenvalue weighted by Crippen LogP contribution is -2.54. The van der Waals surface area contributed by atoms with E-state index in [1.165, 1.54) is 17.0 Å². The minimum Gasteiger partial charge on any atom is -0.350 e. The lowest BCUT2D eigenvalue weighted by Gasteiger charge is -2.33. The van der Waals surface area contributed by atoms with E-state index in [1.54, 1.807) is 31.2 Å². The number of nitrogens with zero attached hydrogens (tertiary/aromatic N) is 2. The number of amides is 2. The van der Waals surface area contributed by atoms with Crippen molar-refractivity contribution < 1.29 is 22.4 Å². The highest BCUT2D eigenvalue weighted by atomic mass is 32.2. The second-order valence-corrected chi connectivity index (χ2v) is 12.6. The first-order chi connectivity index (χ1) is 18.2. The maximum Gasteiger partial charge on any atom is 0.264 e. The molecule has 3 aromatic rings. The fraction of sp³-hybridized carbons (Fsp3) is 0.333. The maximum absolute atomic E-state index is 13.9. The number of rotatable bonds is 9. The number of anilines is 1. The summed E-state index contributed by atoms with van der Waals surface area (Å²) >= 11 is 0. The normalized spacial score (nSPS) is 12.5. The molecule has 39 heavy (non-hydrogen) atoms. The highest BCUT2D eigenvalue weighted by molar-refractivity contribution is 7.92. The number of aryl methyl sites for hydroxylation is 2. The molecule has 0 saturated carbocycles. The molecular formula is C30H36FN3O4S. The summed E-state index contributed by atoms with van der Waals surface area (Å²) in [6, 6.07) is 17.9. The van der Waals surface area contributed by atoms with Gasteiger partial charge in [0.2, 0.25) is 11.8 Å². The van der Waals surface area contributed by atoms with Gasteiger partial charge in [-0.3, -0.25) is 13.9 Å². The molecule has 3 aromatic carbocycles. The van der Waals surface area contributed by atoms with Crippen LogP contribution in [-0.2, 0) is 26.2 Å². The van der Waals surface area contributed by atoms with Crippen molar-refractivity contribution >= 4 is 27.5 Å². The van der Waals surface area contributed by atoms with Gasteiger partial charge in [-0.25, -0.2) is 12.8 Å². The molecule has 7 nitrogen and oxygen atoms in total. The van der Waals surface area contributed by atoms with Crippen LogP contribution in [0, 0.1) is 19.7 Å². The minimum absolute atomic E-state index is 0.109. The maximum atomic E-state index is 13.9. The Bertz CT molecular complexity index is 1420. The Morgan fingerprint density at radius 2 is 1.54 bits per heavy atom. The quantitative estimate of drug-likeness (QED) is 0.405. The Kier molecular flexibility index (Phi) is 9.17. The van der Waals surface area contributed by atoms with E-state index in [-0.39, 0.29) is 23.0 Å². The zero-order valence-corrected chi connectivity index (χ0v) is 24.0. The minimum atomic E-state index is -4.25. The molecule has 0 saturated heterocycles. The highest BCUT2D eigenvalue weighted by Gasteiger charge is 2.33. The first kappa shape index (κ1) is 29.8. The first-order valence-corrected chi connectivity index (χ1v) is 14.1. The van der Waals surface area contributed by atoms with Gasteiger partial charge in [-0.05, 0) is 83.5 Å². The third-order valence-corrected chi connectivity index (χ3v) is 7.89. The lowest BCUT2D eigenvalue weighted by atomic mass is 10.1. The number of sulfonamides is 1. The summed E-state index contributed by atoms with van der Waals surface area (Å²) in [4.78, 5) is 28.3. The van der Waals surface area contributed by atoms with Crippen LogP contribution in [0.15, 0.2) is 77.7 Å². The molecule has 0 aliphatic carbocycles. The SMILES string of the molecule is Cc1ccc(N(CC(=O)N(Cc2cccc(C)c2)[C@H](C)C(=O)NC(C)(C)C)S(=O)(=O)c2ccc(F)cc2)cc1. The van der Waals surface area contributed by atoms with Crippen LogP contribution in [0.3, 0.4) is 0 Å². The molecule has 0 fully saturated rings. The van der Waals surface area contributed by atoms with E-state index < -0.39 is 39.9 Å². The zero-order chi connectivity index (χ0) is 29.0. The first-order valence-electron chi connectivity index (χ1n) is 12.7. The molecule has 1 atom stereocenters. The van der Waals surface area contributed by atoms with Gasteiger partial charge in [-0.2, -0.15) is 0 Å². The average Bonchev–Trinajstić information content (AvgIpc) is 2.85. The van der Waals surface area contributed by atoms with Crippen LogP contribution in [0.25, 0.3) is 0 Å². The summed E-state index contributed by atoms with van der Waals surface area (Å²) < 4.78 is 42.0. The van der Waals surface area contributed by atoms with Crippen molar-refractivity contribution in [2.24, 2.45) is 0 Å². The number of benzene rings is 3. The van der Waals surface area contributed by atoms with Crippen LogP contribution in [0.4, 0.5) is 10.1 Å². The molecule has 0 heterocycles. The van der Waals surface area contributed by atoms with Crippen LogP contribution in [-0.4, -0.2) is 43.3 Å². The Morgan fingerprint density at radius 3 is 2.10 bits per heavy atom. The predicted octanol–water partition coefficient (Wildman–Crippen LogP) is 4.97. The number of nitrogens with one attached hydrogen (secondary N) is 1. The van der Waals surface area contributed by atoms with Gasteiger partial charge >= 0.3 is 0 Å². The van der Waals surface area contributed by atoms with Crippen LogP contribution in [0.1, 0.15) is 44.4 Å². The van der Waals surface area contributed by atoms with Gasteiger partial charge in [0.1, 0.15) is 18.4 Å². The molecule has 0 aromatic heterocycles. The molecule has 0 spiro atoms. The second kappa shape index (κ2) is 12.0. The highest BCUT2D eigenvalue weighted by Crippen LogP contribution is 2.25. The van der Waals surface area contributed by atoms with Crippen LogP contribution >= 0.6 is 0 Å². The van der Waals surface area contributed by atoms with Gasteiger partial charge in [0.05, 0.1) is 10.6 Å². The molecule has 0 unspecified atom stereocenters. The van der Waals surface area contributed by atoms with Crippen molar-refractivity contribution in [3.05, 3.63) is 95.3 Å². The van der Waals surface area contributed by atoms with E-state index in [4.69, 9.17) is 0 Å². The zero-order valence-electron chi connectivity index (χ0n) is 23.2. The third-order valence-electron chi connectivity index (χ3n) is 6.10. The number of halogens is 1. The summed E-state index contributed by atoms with van der Waals surface area (Å²) in [5.41, 5.74) is 2.47. The van der Waals surface area contributed by atoms with Crippen molar-refractivity contribution in [3.8, 4) is 0 Å². The summed E-state index contributed by atoms with van der Waals surface area (Å²) in [5, 5.41) is 2.90. The molecule has 0 bridgehead atoms. The van der Waals surface area contributed by atoms with Gasteiger partial charge in [0.15, 0.2) is 0 Å². The van der Waals surface area contributed by atoms with Crippen molar-refractivity contribution in [2.45, 2.75) is 64.6 Å². The summed E-state index contributed by atoms with van der Waals surface area (Å²) in [6.45, 7) is 10.5. The van der Waals surface area contributed by atoms with E-state index in [0.29, 0.717) is 0 Å². The number of hydrogen-bond acceptors (Lipinski definition) is 4. The van der Waals surface area contributed by atoms with Crippen LogP contribution in [0.5, 0.6) is 0 Å². The molecule has 0 aliphatic heterocycles. The smallest absolute Gasteiger partial charge is 0.264 e. The summed E-state index contributed by atoms with van der Waals surface area (Å²) in [6.07, 6.45) is 0. The van der Waals surface area contributed by atoms with E-state index >= 15 is 0 Å². The monoisotopic (exact) mass is 553 g/mol. The van der Waals surface area contributed by atoms with Gasteiger partial charge in [0, 0.05) is 12.1 Å². The molecule has 3 rings (SSSR count). The Labute approximate surface area is 230 Å². The summed E-state index contributed by atoms with van der Waals surface area (Å²) in [5.74, 6) is -1.49. The van der Waals surface area contributed by atoms with Gasteiger partial charge in [-0.15, -0.1) is 0 Å². The van der Waals surface area contributed by atoms with E-state index in [1.807, 2.05) is 58.9 Å². The van der Waals surface area contributed by atoms with Crippen LogP contribution in [0.2, 0.25) is 0 Å². The Balaban J connectivity index is 2.03. The molecule has 0 aliphatic rings. The fourth-order valence-electron chi connectivity index (χ4n) is 4.04. The van der Waals surface area contributed by atoms with Crippen LogP contribution < -0.4 is 9.62 Å². The number of hydrogen-bond donors (Lipinski definition) is 1. The standard InChI is InChI=1S/C30H36FN3O4S/c1-21-10-14-26(15-11-21)34(39(37,38)27-16-12-25(31)13-17-27)20-28(35)33(19-24-9-7-8-22(2)18-24)23(3)29(36)32-30(4,5)6/h7-18,23H,19-20H2,1-6H3,(H,32,36)/t23-/m1/s1. The molecule has 1 N–H and O–H groups in total. The van der Waals surface area contributed by atoms with E-state index in [2.05, 4.69) is 5.32 Å². The molecule has 208 valence electrons. The molecule has 0 radical (unpaired) electrons. The van der Waals surface area contributed by atoms with Crippen molar-refractivity contribution in [3.63, 3.8) is 0 Å².